The lowest BCUT2D eigenvalue weighted by Gasteiger charge is -2.11. The standard InChI is InChI=1S/C20H16BrClN4O3/c1-13-2-4-14(5-3-13)12-29-20-17(21)8-15(9-18(20)22)10-24-25-19-7-6-16(11-23-19)26(27)28/h2-11H,12H2,1H3,(H,23,25)/b24-10-. The molecule has 0 saturated carbocycles. The number of halogens is 2. The van der Waals surface area contributed by atoms with E-state index < -0.39 is 4.92 Å². The minimum Gasteiger partial charge on any atom is -0.486 e. The first-order valence-electron chi connectivity index (χ1n) is 8.49. The number of aromatic nitrogens is 1. The zero-order valence-corrected chi connectivity index (χ0v) is 17.6. The van der Waals surface area contributed by atoms with Crippen LogP contribution in [0.25, 0.3) is 0 Å². The lowest BCUT2D eigenvalue weighted by Crippen LogP contribution is -1.98. The number of anilines is 1. The van der Waals surface area contributed by atoms with E-state index in [1.165, 1.54) is 17.7 Å². The van der Waals surface area contributed by atoms with E-state index in [2.05, 4.69) is 31.4 Å². The van der Waals surface area contributed by atoms with Gasteiger partial charge in [-0.3, -0.25) is 15.5 Å². The summed E-state index contributed by atoms with van der Waals surface area (Å²) in [7, 11) is 0. The summed E-state index contributed by atoms with van der Waals surface area (Å²) in [6.07, 6.45) is 2.72. The van der Waals surface area contributed by atoms with Crippen LogP contribution in [0.15, 0.2) is 64.3 Å². The molecule has 9 heteroatoms. The third-order valence-electron chi connectivity index (χ3n) is 3.88. The molecule has 0 spiro atoms. The quantitative estimate of drug-likeness (QED) is 0.267. The third kappa shape index (κ3) is 5.75. The van der Waals surface area contributed by atoms with E-state index in [1.807, 2.05) is 37.3 Å². The Kier molecular flexibility index (Phi) is 6.79. The van der Waals surface area contributed by atoms with Gasteiger partial charge in [-0.15, -0.1) is 0 Å². The van der Waals surface area contributed by atoms with Crippen LogP contribution in [-0.2, 0) is 6.61 Å². The number of nitrogens with zero attached hydrogens (tertiary/aromatic N) is 3. The van der Waals surface area contributed by atoms with E-state index in [9.17, 15) is 10.1 Å². The molecule has 0 saturated heterocycles. The van der Waals surface area contributed by atoms with Crippen LogP contribution in [0.3, 0.4) is 0 Å². The van der Waals surface area contributed by atoms with E-state index >= 15 is 0 Å². The highest BCUT2D eigenvalue weighted by atomic mass is 79.9. The van der Waals surface area contributed by atoms with Crippen molar-refractivity contribution in [3.8, 4) is 5.75 Å². The van der Waals surface area contributed by atoms with Gasteiger partial charge in [-0.1, -0.05) is 41.4 Å². The van der Waals surface area contributed by atoms with E-state index in [0.29, 0.717) is 27.7 Å². The van der Waals surface area contributed by atoms with Gasteiger partial charge in [0, 0.05) is 6.07 Å². The number of hydrogen-bond donors (Lipinski definition) is 1. The Hall–Kier alpha value is -2.97. The molecule has 0 fully saturated rings. The Morgan fingerprint density at radius 2 is 2.03 bits per heavy atom. The molecular formula is C20H16BrClN4O3. The van der Waals surface area contributed by atoms with E-state index in [0.717, 1.165) is 17.3 Å². The van der Waals surface area contributed by atoms with Gasteiger partial charge in [0.05, 0.1) is 20.6 Å². The average molecular weight is 476 g/mol. The lowest BCUT2D eigenvalue weighted by atomic mass is 10.2. The van der Waals surface area contributed by atoms with Crippen LogP contribution in [0, 0.1) is 17.0 Å². The molecule has 29 heavy (non-hydrogen) atoms. The van der Waals surface area contributed by atoms with Crippen LogP contribution in [0.1, 0.15) is 16.7 Å². The van der Waals surface area contributed by atoms with Crippen LogP contribution in [0.2, 0.25) is 5.02 Å². The van der Waals surface area contributed by atoms with Crippen molar-refractivity contribution in [1.82, 2.24) is 4.98 Å². The number of rotatable bonds is 7. The molecule has 0 radical (unpaired) electrons. The van der Waals surface area contributed by atoms with Crippen molar-refractivity contribution in [1.29, 1.82) is 0 Å². The first-order valence-corrected chi connectivity index (χ1v) is 9.66. The van der Waals surface area contributed by atoms with Gasteiger partial charge in [0.1, 0.15) is 18.6 Å². The summed E-state index contributed by atoms with van der Waals surface area (Å²) in [5.74, 6) is 0.935. The SMILES string of the molecule is Cc1ccc(COc2c(Cl)cc(/C=N\Nc3ccc([N+](=O)[O-])cn3)cc2Br)cc1. The highest BCUT2D eigenvalue weighted by Crippen LogP contribution is 2.34. The third-order valence-corrected chi connectivity index (χ3v) is 4.75. The molecule has 2 aromatic carbocycles. The highest BCUT2D eigenvalue weighted by Gasteiger charge is 2.09. The highest BCUT2D eigenvalue weighted by molar-refractivity contribution is 9.10. The van der Waals surface area contributed by atoms with Crippen molar-refractivity contribution in [2.24, 2.45) is 5.10 Å². The smallest absolute Gasteiger partial charge is 0.287 e. The number of aryl methyl sites for hydroxylation is 1. The zero-order chi connectivity index (χ0) is 20.8. The summed E-state index contributed by atoms with van der Waals surface area (Å²) in [6.45, 7) is 2.43. The van der Waals surface area contributed by atoms with E-state index in [-0.39, 0.29) is 5.69 Å². The summed E-state index contributed by atoms with van der Waals surface area (Å²) in [6, 6.07) is 14.4. The molecule has 3 aromatic rings. The van der Waals surface area contributed by atoms with Gasteiger partial charge in [-0.2, -0.15) is 5.10 Å². The van der Waals surface area contributed by atoms with Crippen LogP contribution in [-0.4, -0.2) is 16.1 Å². The maximum Gasteiger partial charge on any atom is 0.287 e. The first kappa shape index (κ1) is 20.8. The Labute approximate surface area is 180 Å². The Bertz CT molecular complexity index is 1020. The molecule has 0 aliphatic carbocycles. The number of hydrazone groups is 1. The number of pyridine rings is 1. The molecule has 0 unspecified atom stereocenters. The maximum absolute atomic E-state index is 10.6. The molecule has 0 aliphatic heterocycles. The van der Waals surface area contributed by atoms with Gasteiger partial charge in [-0.05, 0) is 52.2 Å². The predicted molar refractivity (Wildman–Crippen MR) is 117 cm³/mol. The molecule has 1 heterocycles. The lowest BCUT2D eigenvalue weighted by molar-refractivity contribution is -0.385. The van der Waals surface area contributed by atoms with Crippen molar-refractivity contribution in [2.45, 2.75) is 13.5 Å². The molecular weight excluding hydrogens is 460 g/mol. The molecule has 1 aromatic heterocycles. The fourth-order valence-electron chi connectivity index (χ4n) is 2.36. The van der Waals surface area contributed by atoms with Crippen molar-refractivity contribution in [3.63, 3.8) is 0 Å². The fourth-order valence-corrected chi connectivity index (χ4v) is 3.35. The Balaban J connectivity index is 1.64. The Morgan fingerprint density at radius 1 is 1.28 bits per heavy atom. The molecule has 0 atom stereocenters. The van der Waals surface area contributed by atoms with Gasteiger partial charge < -0.3 is 4.74 Å². The number of nitro groups is 1. The predicted octanol–water partition coefficient (Wildman–Crippen LogP) is 5.74. The average Bonchev–Trinajstić information content (AvgIpc) is 2.69. The molecule has 148 valence electrons. The topological polar surface area (TPSA) is 89.6 Å². The van der Waals surface area contributed by atoms with Crippen molar-refractivity contribution in [2.75, 3.05) is 5.43 Å². The van der Waals surface area contributed by atoms with Gasteiger partial charge in [0.15, 0.2) is 5.75 Å². The second kappa shape index (κ2) is 9.49. The molecule has 7 nitrogen and oxygen atoms in total. The van der Waals surface area contributed by atoms with Gasteiger partial charge >= 0.3 is 0 Å². The summed E-state index contributed by atoms with van der Waals surface area (Å²) in [5.41, 5.74) is 5.59. The molecule has 3 rings (SSSR count). The van der Waals surface area contributed by atoms with Crippen molar-refractivity contribution >= 4 is 45.3 Å². The molecule has 0 aliphatic rings. The van der Waals surface area contributed by atoms with Crippen LogP contribution >= 0.6 is 27.5 Å². The van der Waals surface area contributed by atoms with Crippen LogP contribution < -0.4 is 10.2 Å². The first-order chi connectivity index (χ1) is 13.9. The second-order valence-corrected chi connectivity index (χ2v) is 7.38. The number of ether oxygens (including phenoxy) is 1. The maximum atomic E-state index is 10.6. The largest absolute Gasteiger partial charge is 0.486 e. The Morgan fingerprint density at radius 3 is 2.66 bits per heavy atom. The van der Waals surface area contributed by atoms with Gasteiger partial charge in [0.2, 0.25) is 0 Å². The van der Waals surface area contributed by atoms with Crippen LogP contribution in [0.4, 0.5) is 11.5 Å². The second-order valence-electron chi connectivity index (χ2n) is 6.12. The van der Waals surface area contributed by atoms with Crippen molar-refractivity contribution < 1.29 is 9.66 Å². The normalized spacial score (nSPS) is 10.9. The van der Waals surface area contributed by atoms with E-state index in [1.54, 1.807) is 12.3 Å². The minimum absolute atomic E-state index is 0.0866. The van der Waals surface area contributed by atoms with Crippen molar-refractivity contribution in [3.05, 3.63) is 91.0 Å². The minimum atomic E-state index is -0.512. The molecule has 0 amide bonds. The van der Waals surface area contributed by atoms with E-state index in [4.69, 9.17) is 16.3 Å². The fraction of sp³-hybridized carbons (Fsp3) is 0.100. The summed E-state index contributed by atoms with van der Waals surface area (Å²) in [4.78, 5) is 14.0. The summed E-state index contributed by atoms with van der Waals surface area (Å²) in [5, 5.41) is 15.1. The molecule has 1 N–H and O–H groups in total. The number of benzene rings is 2. The van der Waals surface area contributed by atoms with Gasteiger partial charge in [0.25, 0.3) is 5.69 Å². The molecule has 0 bridgehead atoms. The van der Waals surface area contributed by atoms with Gasteiger partial charge in [-0.25, -0.2) is 4.98 Å². The van der Waals surface area contributed by atoms with Crippen LogP contribution in [0.5, 0.6) is 5.75 Å². The summed E-state index contributed by atoms with van der Waals surface area (Å²) >= 11 is 9.83. The zero-order valence-electron chi connectivity index (χ0n) is 15.3. The monoisotopic (exact) mass is 474 g/mol. The summed E-state index contributed by atoms with van der Waals surface area (Å²) < 4.78 is 6.55. The number of nitrogens with one attached hydrogen (secondary N) is 1. The number of hydrogen-bond acceptors (Lipinski definition) is 6.